The summed E-state index contributed by atoms with van der Waals surface area (Å²) in [5, 5.41) is 14.1. The molecule has 1 aliphatic rings. The molecule has 5 rings (SSSR count). The summed E-state index contributed by atoms with van der Waals surface area (Å²) in [5.41, 5.74) is 4.21. The van der Waals surface area contributed by atoms with Crippen LogP contribution in [0.5, 0.6) is 0 Å². The summed E-state index contributed by atoms with van der Waals surface area (Å²) >= 11 is 3.41. The molecular weight excluding hydrogens is 552 g/mol. The molecular formula is C28H21BrN4O5. The van der Waals surface area contributed by atoms with E-state index >= 15 is 0 Å². The van der Waals surface area contributed by atoms with Gasteiger partial charge in [0.1, 0.15) is 5.57 Å². The Morgan fingerprint density at radius 1 is 1.00 bits per heavy atom. The van der Waals surface area contributed by atoms with E-state index in [2.05, 4.69) is 21.2 Å². The Morgan fingerprint density at radius 2 is 1.71 bits per heavy atom. The topological polar surface area (TPSA) is 115 Å². The minimum absolute atomic E-state index is 0.00940. The second kappa shape index (κ2) is 9.71. The average Bonchev–Trinajstić information content (AvgIpc) is 3.14. The zero-order chi connectivity index (χ0) is 27.1. The summed E-state index contributed by atoms with van der Waals surface area (Å²) in [5.74, 6) is -1.48. The Morgan fingerprint density at radius 3 is 2.39 bits per heavy atom. The van der Waals surface area contributed by atoms with E-state index in [4.69, 9.17) is 0 Å². The molecule has 0 unspecified atom stereocenters. The van der Waals surface area contributed by atoms with Gasteiger partial charge in [-0.25, -0.2) is 9.69 Å². The highest BCUT2D eigenvalue weighted by Gasteiger charge is 2.37. The van der Waals surface area contributed by atoms with Gasteiger partial charge in [-0.1, -0.05) is 46.3 Å². The predicted molar refractivity (Wildman–Crippen MR) is 147 cm³/mol. The number of halogens is 1. The van der Waals surface area contributed by atoms with Gasteiger partial charge in [-0.15, -0.1) is 0 Å². The van der Waals surface area contributed by atoms with Crippen molar-refractivity contribution in [2.45, 2.75) is 20.4 Å². The van der Waals surface area contributed by atoms with Crippen molar-refractivity contribution in [2.75, 3.05) is 4.90 Å². The van der Waals surface area contributed by atoms with E-state index in [0.29, 0.717) is 17.8 Å². The lowest BCUT2D eigenvalue weighted by Crippen LogP contribution is -2.54. The van der Waals surface area contributed by atoms with Crippen molar-refractivity contribution < 1.29 is 19.3 Å². The molecule has 0 radical (unpaired) electrons. The SMILES string of the molecule is Cc1cc(N2C(=O)NC(=O)/C(=C\c3c(C)n(Cc4ccc([N+](=O)[O-])cc4)c4ccccc34)C2=O)ccc1Br. The van der Waals surface area contributed by atoms with Crippen molar-refractivity contribution in [3.8, 4) is 0 Å². The lowest BCUT2D eigenvalue weighted by atomic mass is 10.0. The van der Waals surface area contributed by atoms with Gasteiger partial charge < -0.3 is 4.57 Å². The van der Waals surface area contributed by atoms with Crippen LogP contribution in [0.25, 0.3) is 17.0 Å². The first-order chi connectivity index (χ1) is 18.2. The maximum absolute atomic E-state index is 13.5. The lowest BCUT2D eigenvalue weighted by molar-refractivity contribution is -0.384. The highest BCUT2D eigenvalue weighted by Crippen LogP contribution is 2.31. The summed E-state index contributed by atoms with van der Waals surface area (Å²) in [4.78, 5) is 50.5. The molecule has 1 fully saturated rings. The number of anilines is 1. The van der Waals surface area contributed by atoms with Crippen LogP contribution in [0.3, 0.4) is 0 Å². The van der Waals surface area contributed by atoms with Crippen LogP contribution in [0, 0.1) is 24.0 Å². The number of hydrogen-bond acceptors (Lipinski definition) is 5. The van der Waals surface area contributed by atoms with Crippen LogP contribution in [-0.4, -0.2) is 27.3 Å². The van der Waals surface area contributed by atoms with E-state index in [1.165, 1.54) is 18.2 Å². The van der Waals surface area contributed by atoms with Gasteiger partial charge in [-0.3, -0.25) is 25.0 Å². The third-order valence-corrected chi connectivity index (χ3v) is 7.45. The molecule has 1 saturated heterocycles. The van der Waals surface area contributed by atoms with Crippen molar-refractivity contribution in [3.05, 3.63) is 109 Å². The molecule has 0 saturated carbocycles. The summed E-state index contributed by atoms with van der Waals surface area (Å²) in [6, 6.07) is 18.1. The number of nitro benzene ring substituents is 1. The van der Waals surface area contributed by atoms with E-state index in [1.807, 2.05) is 42.7 Å². The van der Waals surface area contributed by atoms with Crippen LogP contribution in [0.4, 0.5) is 16.2 Å². The fraction of sp³-hybridized carbons (Fsp3) is 0.107. The first-order valence-corrected chi connectivity index (χ1v) is 12.4. The number of rotatable bonds is 5. The number of urea groups is 1. The van der Waals surface area contributed by atoms with Gasteiger partial charge in [0.15, 0.2) is 0 Å². The Labute approximate surface area is 225 Å². The number of hydrogen-bond donors (Lipinski definition) is 1. The van der Waals surface area contributed by atoms with Crippen LogP contribution in [0.15, 0.2) is 76.8 Å². The molecule has 0 aliphatic carbocycles. The van der Waals surface area contributed by atoms with E-state index in [0.717, 1.165) is 37.1 Å². The van der Waals surface area contributed by atoms with Gasteiger partial charge in [-0.05, 0) is 55.3 Å². The fourth-order valence-corrected chi connectivity index (χ4v) is 4.80. The van der Waals surface area contributed by atoms with Gasteiger partial charge in [0.25, 0.3) is 17.5 Å². The van der Waals surface area contributed by atoms with Gasteiger partial charge in [-0.2, -0.15) is 0 Å². The number of barbiturate groups is 1. The zero-order valence-electron chi connectivity index (χ0n) is 20.4. The van der Waals surface area contributed by atoms with Crippen LogP contribution in [0.1, 0.15) is 22.4 Å². The number of aryl methyl sites for hydroxylation is 1. The predicted octanol–water partition coefficient (Wildman–Crippen LogP) is 5.64. The number of carbonyl (C=O) groups is 3. The lowest BCUT2D eigenvalue weighted by Gasteiger charge is -2.26. The van der Waals surface area contributed by atoms with Crippen molar-refractivity contribution in [1.82, 2.24) is 9.88 Å². The minimum atomic E-state index is -0.809. The van der Waals surface area contributed by atoms with E-state index < -0.39 is 22.8 Å². The molecule has 0 spiro atoms. The number of nitrogens with one attached hydrogen (secondary N) is 1. The maximum atomic E-state index is 13.5. The molecule has 2 heterocycles. The first-order valence-electron chi connectivity index (χ1n) is 11.6. The number of fused-ring (bicyclic) bond motifs is 1. The number of benzene rings is 3. The Kier molecular flexibility index (Phi) is 6.41. The fourth-order valence-electron chi connectivity index (χ4n) is 4.55. The van der Waals surface area contributed by atoms with Gasteiger partial charge in [0.2, 0.25) is 0 Å². The molecule has 38 heavy (non-hydrogen) atoms. The summed E-state index contributed by atoms with van der Waals surface area (Å²) < 4.78 is 2.85. The Bertz CT molecular complexity index is 1690. The summed E-state index contributed by atoms with van der Waals surface area (Å²) in [6.45, 7) is 4.14. The van der Waals surface area contributed by atoms with Gasteiger partial charge in [0, 0.05) is 45.3 Å². The molecule has 0 bridgehead atoms. The van der Waals surface area contributed by atoms with Crippen LogP contribution < -0.4 is 10.2 Å². The average molecular weight is 573 g/mol. The third-order valence-electron chi connectivity index (χ3n) is 6.56. The third kappa shape index (κ3) is 4.39. The Hall–Kier alpha value is -4.57. The van der Waals surface area contributed by atoms with Crippen molar-refractivity contribution in [1.29, 1.82) is 0 Å². The molecule has 1 aliphatic heterocycles. The Balaban J connectivity index is 1.58. The summed E-state index contributed by atoms with van der Waals surface area (Å²) in [7, 11) is 0. The number of aromatic nitrogens is 1. The van der Waals surface area contributed by atoms with Crippen molar-refractivity contribution in [3.63, 3.8) is 0 Å². The van der Waals surface area contributed by atoms with Crippen molar-refractivity contribution in [2.24, 2.45) is 0 Å². The smallest absolute Gasteiger partial charge is 0.335 e. The largest absolute Gasteiger partial charge is 0.340 e. The van der Waals surface area contributed by atoms with Gasteiger partial charge in [0.05, 0.1) is 10.6 Å². The normalized spacial score (nSPS) is 14.9. The number of amides is 4. The van der Waals surface area contributed by atoms with E-state index in [1.54, 1.807) is 30.3 Å². The maximum Gasteiger partial charge on any atom is 0.335 e. The number of non-ortho nitro benzene ring substituents is 1. The zero-order valence-corrected chi connectivity index (χ0v) is 22.0. The van der Waals surface area contributed by atoms with E-state index in [-0.39, 0.29) is 11.3 Å². The molecule has 4 aromatic rings. The minimum Gasteiger partial charge on any atom is -0.340 e. The monoisotopic (exact) mass is 572 g/mol. The number of nitro groups is 1. The standard InChI is InChI=1S/C28H21BrN4O5/c1-16-13-20(11-12-24(16)29)32-27(35)23(26(34)30-28(32)36)14-22-17(2)31(25-6-4-3-5-21(22)25)15-18-7-9-19(10-8-18)33(37)38/h3-14H,15H2,1-2H3,(H,30,34,36)/b23-14+. The molecule has 3 aromatic carbocycles. The molecule has 1 N–H and O–H groups in total. The van der Waals surface area contributed by atoms with Crippen LogP contribution >= 0.6 is 15.9 Å². The second-order valence-corrected chi connectivity index (χ2v) is 9.77. The number of nitrogens with zero attached hydrogens (tertiary/aromatic N) is 3. The molecule has 0 atom stereocenters. The number of para-hydroxylation sites is 1. The molecule has 190 valence electrons. The number of carbonyl (C=O) groups excluding carboxylic acids is 3. The second-order valence-electron chi connectivity index (χ2n) is 8.92. The van der Waals surface area contributed by atoms with E-state index in [9.17, 15) is 24.5 Å². The molecule has 9 nitrogen and oxygen atoms in total. The van der Waals surface area contributed by atoms with Gasteiger partial charge >= 0.3 is 6.03 Å². The highest BCUT2D eigenvalue weighted by molar-refractivity contribution is 9.10. The van der Waals surface area contributed by atoms with Crippen LogP contribution in [-0.2, 0) is 16.1 Å². The molecule has 1 aromatic heterocycles. The van der Waals surface area contributed by atoms with Crippen molar-refractivity contribution >= 4 is 62.1 Å². The highest BCUT2D eigenvalue weighted by atomic mass is 79.9. The first kappa shape index (κ1) is 25.1. The summed E-state index contributed by atoms with van der Waals surface area (Å²) in [6.07, 6.45) is 1.52. The molecule has 10 heteroatoms. The van der Waals surface area contributed by atoms with Crippen LogP contribution in [0.2, 0.25) is 0 Å². The number of imide groups is 2. The molecule has 4 amide bonds. The quantitative estimate of drug-likeness (QED) is 0.144.